The summed E-state index contributed by atoms with van der Waals surface area (Å²) in [6.45, 7) is 0.368. The lowest BCUT2D eigenvalue weighted by Gasteiger charge is -2.27. The molecule has 0 radical (unpaired) electrons. The van der Waals surface area contributed by atoms with Crippen molar-refractivity contribution in [1.29, 1.82) is 0 Å². The third-order valence-corrected chi connectivity index (χ3v) is 4.99. The van der Waals surface area contributed by atoms with E-state index >= 15 is 0 Å². The second kappa shape index (κ2) is 12.1. The highest BCUT2D eigenvalue weighted by molar-refractivity contribution is 5.50. The van der Waals surface area contributed by atoms with Crippen LogP contribution in [0, 0.1) is 5.92 Å². The first kappa shape index (κ1) is 20.9. The Morgan fingerprint density at radius 2 is 1.69 bits per heavy atom. The summed E-state index contributed by atoms with van der Waals surface area (Å²) >= 11 is 0. The average Bonchev–Trinajstić information content (AvgIpc) is 2.64. The third-order valence-electron chi connectivity index (χ3n) is 4.99. The van der Waals surface area contributed by atoms with Crippen LogP contribution in [0.5, 0.6) is 5.75 Å². The van der Waals surface area contributed by atoms with Crippen molar-refractivity contribution in [3.05, 3.63) is 35.9 Å². The second-order valence-electron chi connectivity index (χ2n) is 7.13. The summed E-state index contributed by atoms with van der Waals surface area (Å²) in [5.41, 5.74) is 1.01. The zero-order valence-electron chi connectivity index (χ0n) is 15.8. The predicted octanol–water partition coefficient (Wildman–Crippen LogP) is 6.85. The van der Waals surface area contributed by atoms with Crippen molar-refractivity contribution in [2.75, 3.05) is 6.61 Å². The van der Waals surface area contributed by atoms with Crippen LogP contribution in [0.15, 0.2) is 30.3 Å². The van der Waals surface area contributed by atoms with Crippen LogP contribution in [-0.4, -0.2) is 19.3 Å². The fraction of sp³-hybridized carbons (Fsp3) is 0.636. The fourth-order valence-electron chi connectivity index (χ4n) is 3.41. The van der Waals surface area contributed by atoms with Gasteiger partial charge in [0.25, 0.3) is 0 Å². The molecule has 1 aromatic carbocycles. The quantitative estimate of drug-likeness (QED) is 0.399. The highest BCUT2D eigenvalue weighted by Gasteiger charge is 2.19. The van der Waals surface area contributed by atoms with E-state index in [1.165, 1.54) is 32.1 Å². The maximum Gasteiger partial charge on any atom is 0.387 e. The first-order valence-electron chi connectivity index (χ1n) is 10.0. The lowest BCUT2D eigenvalue weighted by atomic mass is 9.87. The van der Waals surface area contributed by atoms with Gasteiger partial charge in [0.1, 0.15) is 5.75 Å². The number of hydrogen-bond acceptors (Lipinski definition) is 2. The van der Waals surface area contributed by atoms with E-state index in [0.717, 1.165) is 37.9 Å². The number of benzene rings is 1. The molecular weight excluding hydrogens is 334 g/mol. The van der Waals surface area contributed by atoms with Gasteiger partial charge in [-0.15, -0.1) is 0 Å². The summed E-state index contributed by atoms with van der Waals surface area (Å²) in [6.07, 6.45) is 15.7. The van der Waals surface area contributed by atoms with E-state index in [0.29, 0.717) is 12.0 Å². The SMILES string of the molecule is CCCCCCCOC1CCC(C=Cc2ccc(OC(F)F)cc2)CC1. The van der Waals surface area contributed by atoms with Crippen molar-refractivity contribution < 1.29 is 18.3 Å². The number of rotatable bonds is 11. The van der Waals surface area contributed by atoms with Gasteiger partial charge in [-0.25, -0.2) is 0 Å². The minimum absolute atomic E-state index is 0.199. The van der Waals surface area contributed by atoms with E-state index in [2.05, 4.69) is 23.8 Å². The van der Waals surface area contributed by atoms with Gasteiger partial charge in [-0.05, 0) is 55.7 Å². The lowest BCUT2D eigenvalue weighted by Crippen LogP contribution is -2.21. The number of halogens is 2. The van der Waals surface area contributed by atoms with Crippen LogP contribution in [0.1, 0.15) is 70.3 Å². The molecule has 146 valence electrons. The molecule has 0 bridgehead atoms. The van der Waals surface area contributed by atoms with Crippen molar-refractivity contribution in [2.45, 2.75) is 77.4 Å². The number of allylic oxidation sites excluding steroid dienone is 1. The normalized spacial score (nSPS) is 20.8. The zero-order chi connectivity index (χ0) is 18.6. The first-order chi connectivity index (χ1) is 12.7. The van der Waals surface area contributed by atoms with Crippen LogP contribution in [0.25, 0.3) is 6.08 Å². The van der Waals surface area contributed by atoms with Gasteiger partial charge in [0.2, 0.25) is 0 Å². The standard InChI is InChI=1S/C22H32F2O2/c1-2-3-4-5-6-17-25-20-13-9-18(10-14-20)7-8-19-11-15-21(16-12-19)26-22(23)24/h7-8,11-12,15-16,18,20,22H,2-6,9-10,13-14,17H2,1H3. The van der Waals surface area contributed by atoms with Gasteiger partial charge in [0, 0.05) is 6.61 Å². The molecule has 0 heterocycles. The summed E-state index contributed by atoms with van der Waals surface area (Å²) in [7, 11) is 0. The van der Waals surface area contributed by atoms with Crippen LogP contribution >= 0.6 is 0 Å². The number of alkyl halides is 2. The van der Waals surface area contributed by atoms with Crippen molar-refractivity contribution in [3.8, 4) is 5.75 Å². The highest BCUT2D eigenvalue weighted by Crippen LogP contribution is 2.28. The second-order valence-corrected chi connectivity index (χ2v) is 7.13. The molecule has 1 aromatic rings. The monoisotopic (exact) mass is 366 g/mol. The molecule has 0 aliphatic heterocycles. The number of hydrogen-bond donors (Lipinski definition) is 0. The van der Waals surface area contributed by atoms with Crippen molar-refractivity contribution >= 4 is 6.08 Å². The number of unbranched alkanes of at least 4 members (excludes halogenated alkanes) is 4. The molecule has 2 rings (SSSR count). The molecule has 0 N–H and O–H groups in total. The maximum atomic E-state index is 12.1. The minimum atomic E-state index is -2.77. The summed E-state index contributed by atoms with van der Waals surface area (Å²) in [5, 5.41) is 0. The zero-order valence-corrected chi connectivity index (χ0v) is 15.8. The Balaban J connectivity index is 1.62. The van der Waals surface area contributed by atoms with Gasteiger partial charge >= 0.3 is 6.61 Å². The maximum absolute atomic E-state index is 12.1. The Morgan fingerprint density at radius 1 is 1.00 bits per heavy atom. The Bertz CT molecular complexity index is 505. The molecule has 1 fully saturated rings. The summed E-state index contributed by atoms with van der Waals surface area (Å²) < 4.78 is 34.7. The Morgan fingerprint density at radius 3 is 2.35 bits per heavy atom. The van der Waals surface area contributed by atoms with Gasteiger partial charge in [-0.1, -0.05) is 56.9 Å². The molecule has 0 saturated heterocycles. The summed E-state index contributed by atoms with van der Waals surface area (Å²) in [6, 6.07) is 6.77. The molecule has 1 aliphatic carbocycles. The van der Waals surface area contributed by atoms with Crippen LogP contribution in [0.3, 0.4) is 0 Å². The van der Waals surface area contributed by atoms with Gasteiger partial charge in [-0.3, -0.25) is 0 Å². The van der Waals surface area contributed by atoms with E-state index in [-0.39, 0.29) is 5.75 Å². The van der Waals surface area contributed by atoms with Crippen molar-refractivity contribution in [3.63, 3.8) is 0 Å². The van der Waals surface area contributed by atoms with E-state index in [1.54, 1.807) is 12.1 Å². The molecule has 4 heteroatoms. The minimum Gasteiger partial charge on any atom is -0.435 e. The van der Waals surface area contributed by atoms with E-state index < -0.39 is 6.61 Å². The Hall–Kier alpha value is -1.42. The molecule has 0 amide bonds. The highest BCUT2D eigenvalue weighted by atomic mass is 19.3. The van der Waals surface area contributed by atoms with Crippen molar-refractivity contribution in [2.24, 2.45) is 5.92 Å². The van der Waals surface area contributed by atoms with Crippen LogP contribution in [0.2, 0.25) is 0 Å². The molecule has 1 saturated carbocycles. The van der Waals surface area contributed by atoms with Crippen molar-refractivity contribution in [1.82, 2.24) is 0 Å². The smallest absolute Gasteiger partial charge is 0.387 e. The summed E-state index contributed by atoms with van der Waals surface area (Å²) in [5.74, 6) is 0.779. The average molecular weight is 366 g/mol. The molecular formula is C22H32F2O2. The van der Waals surface area contributed by atoms with Crippen LogP contribution < -0.4 is 4.74 Å². The molecule has 0 aromatic heterocycles. The molecule has 0 unspecified atom stereocenters. The predicted molar refractivity (Wildman–Crippen MR) is 103 cm³/mol. The Labute approximate surface area is 156 Å². The van der Waals surface area contributed by atoms with Crippen LogP contribution in [-0.2, 0) is 4.74 Å². The number of ether oxygens (including phenoxy) is 2. The van der Waals surface area contributed by atoms with Gasteiger partial charge in [-0.2, -0.15) is 8.78 Å². The largest absolute Gasteiger partial charge is 0.435 e. The Kier molecular flexibility index (Phi) is 9.68. The molecule has 2 nitrogen and oxygen atoms in total. The third kappa shape index (κ3) is 8.31. The molecule has 0 atom stereocenters. The fourth-order valence-corrected chi connectivity index (χ4v) is 3.41. The van der Waals surface area contributed by atoms with E-state index in [4.69, 9.17) is 4.74 Å². The lowest BCUT2D eigenvalue weighted by molar-refractivity contribution is -0.0498. The van der Waals surface area contributed by atoms with Crippen LogP contribution in [0.4, 0.5) is 8.78 Å². The van der Waals surface area contributed by atoms with Gasteiger partial charge in [0.15, 0.2) is 0 Å². The molecule has 0 spiro atoms. The molecule has 26 heavy (non-hydrogen) atoms. The van der Waals surface area contributed by atoms with E-state index in [9.17, 15) is 8.78 Å². The first-order valence-corrected chi connectivity index (χ1v) is 10.0. The summed E-state index contributed by atoms with van der Waals surface area (Å²) in [4.78, 5) is 0. The van der Waals surface area contributed by atoms with Gasteiger partial charge in [0.05, 0.1) is 6.10 Å². The molecule has 1 aliphatic rings. The van der Waals surface area contributed by atoms with E-state index in [1.807, 2.05) is 12.1 Å². The van der Waals surface area contributed by atoms with Gasteiger partial charge < -0.3 is 9.47 Å². The topological polar surface area (TPSA) is 18.5 Å².